The molecule has 1 aliphatic heterocycles. The lowest BCUT2D eigenvalue weighted by Crippen LogP contribution is -2.45. The van der Waals surface area contributed by atoms with E-state index in [1.807, 2.05) is 18.7 Å². The summed E-state index contributed by atoms with van der Waals surface area (Å²) in [4.78, 5) is 14.1. The topological polar surface area (TPSA) is 98.9 Å². The number of carbonyl (C=O) groups is 1. The highest BCUT2D eigenvalue weighted by atomic mass is 32.2. The van der Waals surface area contributed by atoms with Gasteiger partial charge in [0.25, 0.3) is 0 Å². The molecule has 1 amide bonds. The summed E-state index contributed by atoms with van der Waals surface area (Å²) in [5, 5.41) is 0. The van der Waals surface area contributed by atoms with Crippen molar-refractivity contribution in [1.82, 2.24) is 4.90 Å². The second kappa shape index (κ2) is 11.1. The van der Waals surface area contributed by atoms with Crippen LogP contribution in [0.2, 0.25) is 0 Å². The third-order valence-corrected chi connectivity index (χ3v) is 6.96. The Kier molecular flexibility index (Phi) is 9.02. The van der Waals surface area contributed by atoms with E-state index in [1.165, 1.54) is 24.3 Å². The summed E-state index contributed by atoms with van der Waals surface area (Å²) in [6, 6.07) is 5.91. The van der Waals surface area contributed by atoms with Crippen molar-refractivity contribution in [3.05, 3.63) is 36.2 Å². The number of benzene rings is 1. The van der Waals surface area contributed by atoms with Gasteiger partial charge in [-0.1, -0.05) is 20.8 Å². The fourth-order valence-electron chi connectivity index (χ4n) is 3.30. The number of piperidine rings is 1. The van der Waals surface area contributed by atoms with Crippen LogP contribution in [0, 0.1) is 11.3 Å². The molecule has 7 nitrogen and oxygen atoms in total. The molecule has 174 valence electrons. The number of amides is 1. The van der Waals surface area contributed by atoms with Gasteiger partial charge in [-0.05, 0) is 42.5 Å². The molecule has 0 aromatic heterocycles. The monoisotopic (exact) mass is 456 g/mol. The summed E-state index contributed by atoms with van der Waals surface area (Å²) in [6.45, 7) is 7.52. The van der Waals surface area contributed by atoms with Gasteiger partial charge in [-0.25, -0.2) is 12.8 Å². The summed E-state index contributed by atoms with van der Waals surface area (Å²) in [7, 11) is -3.61. The van der Waals surface area contributed by atoms with Crippen LogP contribution in [0.15, 0.2) is 41.1 Å². The van der Waals surface area contributed by atoms with Crippen molar-refractivity contribution in [3.63, 3.8) is 0 Å². The second-order valence-corrected chi connectivity index (χ2v) is 10.5. The molecule has 1 aromatic rings. The average molecular weight is 457 g/mol. The Balaban J connectivity index is 1.84. The van der Waals surface area contributed by atoms with E-state index in [-0.39, 0.29) is 35.3 Å². The molecule has 1 aromatic carbocycles. The highest BCUT2D eigenvalue weighted by Gasteiger charge is 2.33. The Bertz CT molecular complexity index is 860. The van der Waals surface area contributed by atoms with Gasteiger partial charge in [0.2, 0.25) is 15.7 Å². The zero-order valence-electron chi connectivity index (χ0n) is 18.5. The summed E-state index contributed by atoms with van der Waals surface area (Å²) in [6.07, 6.45) is 1.95. The molecule has 0 atom stereocenters. The SMILES string of the molecule is CC(C)C(=O)N1CCC(C)(COCS(=O)(=O)c2ccc(OCC(=CF)CN)cc2)CC1. The molecule has 0 saturated carbocycles. The van der Waals surface area contributed by atoms with E-state index in [0.29, 0.717) is 37.3 Å². The first-order chi connectivity index (χ1) is 14.6. The number of carbonyl (C=O) groups excluding carboxylic acids is 1. The van der Waals surface area contributed by atoms with E-state index < -0.39 is 15.8 Å². The van der Waals surface area contributed by atoms with Gasteiger partial charge >= 0.3 is 0 Å². The van der Waals surface area contributed by atoms with Crippen LogP contribution in [0.25, 0.3) is 0 Å². The number of halogens is 1. The van der Waals surface area contributed by atoms with E-state index in [0.717, 1.165) is 12.8 Å². The molecule has 9 heteroatoms. The lowest BCUT2D eigenvalue weighted by Gasteiger charge is -2.39. The van der Waals surface area contributed by atoms with E-state index in [1.54, 1.807) is 0 Å². The zero-order valence-corrected chi connectivity index (χ0v) is 19.3. The molecule has 31 heavy (non-hydrogen) atoms. The number of ether oxygens (including phenoxy) is 2. The smallest absolute Gasteiger partial charge is 0.225 e. The minimum absolute atomic E-state index is 0.000977. The molecule has 0 aliphatic carbocycles. The van der Waals surface area contributed by atoms with Crippen molar-refractivity contribution in [2.75, 3.05) is 38.8 Å². The van der Waals surface area contributed by atoms with Gasteiger partial charge in [-0.15, -0.1) is 0 Å². The van der Waals surface area contributed by atoms with Crippen molar-refractivity contribution < 1.29 is 27.1 Å². The van der Waals surface area contributed by atoms with Crippen molar-refractivity contribution in [2.45, 2.75) is 38.5 Å². The summed E-state index contributed by atoms with van der Waals surface area (Å²) >= 11 is 0. The van der Waals surface area contributed by atoms with Gasteiger partial charge in [-0.2, -0.15) is 0 Å². The van der Waals surface area contributed by atoms with E-state index >= 15 is 0 Å². The molecular weight excluding hydrogens is 423 g/mol. The summed E-state index contributed by atoms with van der Waals surface area (Å²) in [5.41, 5.74) is 5.51. The zero-order chi connectivity index (χ0) is 23.1. The first-order valence-corrected chi connectivity index (χ1v) is 12.1. The number of rotatable bonds is 10. The maximum atomic E-state index is 12.6. The molecule has 0 radical (unpaired) electrons. The number of hydrogen-bond donors (Lipinski definition) is 1. The first-order valence-electron chi connectivity index (χ1n) is 10.4. The maximum Gasteiger partial charge on any atom is 0.225 e. The second-order valence-electron chi connectivity index (χ2n) is 8.60. The third-order valence-electron chi connectivity index (χ3n) is 5.49. The number of nitrogens with zero attached hydrogens (tertiary/aromatic N) is 1. The van der Waals surface area contributed by atoms with Crippen molar-refractivity contribution in [1.29, 1.82) is 0 Å². The quantitative estimate of drug-likeness (QED) is 0.581. The molecule has 1 aliphatic rings. The van der Waals surface area contributed by atoms with E-state index in [2.05, 4.69) is 6.92 Å². The van der Waals surface area contributed by atoms with Crippen molar-refractivity contribution in [2.24, 2.45) is 17.1 Å². The standard InChI is InChI=1S/C22H33FN2O5S/c1-17(2)21(26)25-10-8-22(3,9-11-25)15-29-16-31(27,28)20-6-4-19(5-7-20)30-14-18(12-23)13-24/h4-7,12,17H,8-11,13-16,24H2,1-3H3. The molecule has 0 spiro atoms. The Labute approximate surface area is 184 Å². The first kappa shape index (κ1) is 25.3. The number of nitrogens with two attached hydrogens (primary N) is 1. The van der Waals surface area contributed by atoms with Crippen LogP contribution in [0.1, 0.15) is 33.6 Å². The predicted molar refractivity (Wildman–Crippen MR) is 117 cm³/mol. The van der Waals surface area contributed by atoms with Crippen LogP contribution in [-0.2, 0) is 19.4 Å². The highest BCUT2D eigenvalue weighted by Crippen LogP contribution is 2.32. The fraction of sp³-hybridized carbons (Fsp3) is 0.591. The molecule has 0 unspecified atom stereocenters. The van der Waals surface area contributed by atoms with Gasteiger partial charge in [0, 0.05) is 31.1 Å². The molecule has 2 N–H and O–H groups in total. The van der Waals surface area contributed by atoms with E-state index in [4.69, 9.17) is 15.2 Å². The molecule has 2 rings (SSSR count). The molecule has 1 fully saturated rings. The van der Waals surface area contributed by atoms with Crippen LogP contribution in [0.3, 0.4) is 0 Å². The van der Waals surface area contributed by atoms with Crippen LogP contribution in [0.5, 0.6) is 5.75 Å². The Hall–Kier alpha value is -1.97. The van der Waals surface area contributed by atoms with Crippen LogP contribution < -0.4 is 10.5 Å². The Morgan fingerprint density at radius 2 is 1.87 bits per heavy atom. The normalized spacial score (nSPS) is 17.1. The molecule has 0 bridgehead atoms. The Morgan fingerprint density at radius 3 is 2.39 bits per heavy atom. The average Bonchev–Trinajstić information content (AvgIpc) is 2.74. The maximum absolute atomic E-state index is 12.6. The van der Waals surface area contributed by atoms with E-state index in [9.17, 15) is 17.6 Å². The van der Waals surface area contributed by atoms with Crippen LogP contribution >= 0.6 is 0 Å². The highest BCUT2D eigenvalue weighted by molar-refractivity contribution is 7.91. The largest absolute Gasteiger partial charge is 0.489 e. The summed E-state index contributed by atoms with van der Waals surface area (Å²) in [5.74, 6) is 0.130. The minimum atomic E-state index is -3.61. The predicted octanol–water partition coefficient (Wildman–Crippen LogP) is 2.91. The lowest BCUT2D eigenvalue weighted by molar-refractivity contribution is -0.137. The van der Waals surface area contributed by atoms with Gasteiger partial charge in [-0.3, -0.25) is 4.79 Å². The number of sulfone groups is 1. The number of hydrogen-bond acceptors (Lipinski definition) is 6. The molecule has 1 heterocycles. The molecule has 1 saturated heterocycles. The fourth-order valence-corrected chi connectivity index (χ4v) is 4.29. The van der Waals surface area contributed by atoms with Crippen LogP contribution in [0.4, 0.5) is 4.39 Å². The van der Waals surface area contributed by atoms with Crippen molar-refractivity contribution in [3.8, 4) is 5.75 Å². The molecular formula is C22H33FN2O5S. The van der Waals surface area contributed by atoms with Crippen molar-refractivity contribution >= 4 is 15.7 Å². The third kappa shape index (κ3) is 7.29. The number of likely N-dealkylation sites (tertiary alicyclic amines) is 1. The van der Waals surface area contributed by atoms with Gasteiger partial charge in [0.05, 0.1) is 17.8 Å². The van der Waals surface area contributed by atoms with Crippen LogP contribution in [-0.4, -0.2) is 58.0 Å². The van der Waals surface area contributed by atoms with Gasteiger partial charge in [0.1, 0.15) is 12.4 Å². The Morgan fingerprint density at radius 1 is 1.26 bits per heavy atom. The minimum Gasteiger partial charge on any atom is -0.489 e. The summed E-state index contributed by atoms with van der Waals surface area (Å²) < 4.78 is 48.6. The van der Waals surface area contributed by atoms with Gasteiger partial charge < -0.3 is 20.1 Å². The lowest BCUT2D eigenvalue weighted by atomic mass is 9.81. The van der Waals surface area contributed by atoms with Gasteiger partial charge in [0.15, 0.2) is 5.94 Å².